The van der Waals surface area contributed by atoms with Gasteiger partial charge in [0.1, 0.15) is 0 Å². The first kappa shape index (κ1) is 13.5. The fourth-order valence-electron chi connectivity index (χ4n) is 1.52. The summed E-state index contributed by atoms with van der Waals surface area (Å²) < 4.78 is 42.0. The van der Waals surface area contributed by atoms with Crippen molar-refractivity contribution in [2.45, 2.75) is 25.9 Å². The highest BCUT2D eigenvalue weighted by Gasteiger charge is 2.30. The van der Waals surface area contributed by atoms with Crippen LogP contribution in [-0.2, 0) is 22.1 Å². The van der Waals surface area contributed by atoms with E-state index in [0.29, 0.717) is 11.1 Å². The summed E-state index contributed by atoms with van der Waals surface area (Å²) in [6, 6.07) is 3.79. The molecule has 0 saturated carbocycles. The lowest BCUT2D eigenvalue weighted by Crippen LogP contribution is -2.07. The molecule has 0 radical (unpaired) electrons. The molecule has 17 heavy (non-hydrogen) atoms. The Kier molecular flexibility index (Phi) is 4.15. The lowest BCUT2D eigenvalue weighted by Gasteiger charge is -2.10. The SMILES string of the molecule is COC(=O)CCc1cc(C)cc(C(F)(F)F)c1. The summed E-state index contributed by atoms with van der Waals surface area (Å²) in [5.41, 5.74) is 0.333. The summed E-state index contributed by atoms with van der Waals surface area (Å²) in [6.45, 7) is 1.59. The van der Waals surface area contributed by atoms with Gasteiger partial charge in [0.05, 0.1) is 12.7 Å². The third-order valence-electron chi connectivity index (χ3n) is 2.31. The van der Waals surface area contributed by atoms with Gasteiger partial charge in [0.15, 0.2) is 0 Å². The average molecular weight is 246 g/mol. The first-order valence-corrected chi connectivity index (χ1v) is 5.07. The van der Waals surface area contributed by atoms with E-state index in [4.69, 9.17) is 0 Å². The van der Waals surface area contributed by atoms with Crippen LogP contribution in [0.25, 0.3) is 0 Å². The Labute approximate surface area is 97.4 Å². The molecule has 1 aromatic carbocycles. The lowest BCUT2D eigenvalue weighted by atomic mass is 10.0. The Hall–Kier alpha value is -1.52. The van der Waals surface area contributed by atoms with E-state index in [1.165, 1.54) is 7.11 Å². The normalized spacial score (nSPS) is 11.4. The number of benzene rings is 1. The molecule has 1 aromatic rings. The molecule has 5 heteroatoms. The third-order valence-corrected chi connectivity index (χ3v) is 2.31. The largest absolute Gasteiger partial charge is 0.469 e. The zero-order valence-corrected chi connectivity index (χ0v) is 9.60. The van der Waals surface area contributed by atoms with Gasteiger partial charge in [0.2, 0.25) is 0 Å². The van der Waals surface area contributed by atoms with Gasteiger partial charge in [-0.3, -0.25) is 4.79 Å². The molecule has 0 fully saturated rings. The molecule has 0 aliphatic rings. The van der Waals surface area contributed by atoms with Crippen LogP contribution in [-0.4, -0.2) is 13.1 Å². The van der Waals surface area contributed by atoms with E-state index >= 15 is 0 Å². The molecule has 0 spiro atoms. The van der Waals surface area contributed by atoms with Gasteiger partial charge in [-0.05, 0) is 31.0 Å². The van der Waals surface area contributed by atoms with Crippen molar-refractivity contribution in [1.29, 1.82) is 0 Å². The van der Waals surface area contributed by atoms with Gasteiger partial charge in [0, 0.05) is 6.42 Å². The minimum Gasteiger partial charge on any atom is -0.469 e. The quantitative estimate of drug-likeness (QED) is 0.766. The number of hydrogen-bond acceptors (Lipinski definition) is 2. The molecular weight excluding hydrogens is 233 g/mol. The Morgan fingerprint density at radius 3 is 2.47 bits per heavy atom. The van der Waals surface area contributed by atoms with Crippen molar-refractivity contribution in [1.82, 2.24) is 0 Å². The number of carbonyl (C=O) groups excluding carboxylic acids is 1. The maximum atomic E-state index is 12.5. The third kappa shape index (κ3) is 4.09. The Morgan fingerprint density at radius 1 is 1.29 bits per heavy atom. The highest BCUT2D eigenvalue weighted by Crippen LogP contribution is 2.30. The predicted molar refractivity (Wildman–Crippen MR) is 56.5 cm³/mol. The minimum absolute atomic E-state index is 0.0806. The lowest BCUT2D eigenvalue weighted by molar-refractivity contribution is -0.140. The van der Waals surface area contributed by atoms with Gasteiger partial charge in [0.25, 0.3) is 0 Å². The summed E-state index contributed by atoms with van der Waals surface area (Å²) in [5, 5.41) is 0. The molecule has 0 atom stereocenters. The van der Waals surface area contributed by atoms with Crippen molar-refractivity contribution in [3.63, 3.8) is 0 Å². The number of hydrogen-bond donors (Lipinski definition) is 0. The smallest absolute Gasteiger partial charge is 0.416 e. The van der Waals surface area contributed by atoms with Crippen molar-refractivity contribution in [3.8, 4) is 0 Å². The molecular formula is C12H13F3O2. The second-order valence-corrected chi connectivity index (χ2v) is 3.78. The molecule has 0 N–H and O–H groups in total. The summed E-state index contributed by atoms with van der Waals surface area (Å²) in [4.78, 5) is 10.9. The van der Waals surface area contributed by atoms with E-state index in [1.54, 1.807) is 13.0 Å². The Bertz CT molecular complexity index is 411. The number of ether oxygens (including phenoxy) is 1. The standard InChI is InChI=1S/C12H13F3O2/c1-8-5-9(3-4-11(16)17-2)7-10(6-8)12(13,14)15/h5-7H,3-4H2,1-2H3. The molecule has 0 saturated heterocycles. The molecule has 0 aromatic heterocycles. The number of methoxy groups -OCH3 is 1. The summed E-state index contributed by atoms with van der Waals surface area (Å²) in [6.07, 6.45) is -4.03. The number of halogens is 3. The molecule has 0 heterocycles. The van der Waals surface area contributed by atoms with Crippen LogP contribution in [0.5, 0.6) is 0 Å². The maximum Gasteiger partial charge on any atom is 0.416 e. The maximum absolute atomic E-state index is 12.5. The summed E-state index contributed by atoms with van der Waals surface area (Å²) in [7, 11) is 1.25. The van der Waals surface area contributed by atoms with Crippen molar-refractivity contribution in [2.75, 3.05) is 7.11 Å². The molecule has 0 aliphatic heterocycles. The van der Waals surface area contributed by atoms with Crippen LogP contribution in [0.15, 0.2) is 18.2 Å². The molecule has 1 rings (SSSR count). The molecule has 2 nitrogen and oxygen atoms in total. The van der Waals surface area contributed by atoms with Crippen LogP contribution in [0.2, 0.25) is 0 Å². The van der Waals surface area contributed by atoms with Crippen molar-refractivity contribution in [3.05, 3.63) is 34.9 Å². The zero-order chi connectivity index (χ0) is 13.1. The topological polar surface area (TPSA) is 26.3 Å². The number of esters is 1. The second-order valence-electron chi connectivity index (χ2n) is 3.78. The second kappa shape index (κ2) is 5.21. The number of rotatable bonds is 3. The highest BCUT2D eigenvalue weighted by molar-refractivity contribution is 5.69. The zero-order valence-electron chi connectivity index (χ0n) is 9.60. The van der Waals surface area contributed by atoms with E-state index in [-0.39, 0.29) is 12.8 Å². The molecule has 0 bridgehead atoms. The summed E-state index contributed by atoms with van der Waals surface area (Å²) >= 11 is 0. The fraction of sp³-hybridized carbons (Fsp3) is 0.417. The monoisotopic (exact) mass is 246 g/mol. The van der Waals surface area contributed by atoms with Crippen LogP contribution >= 0.6 is 0 Å². The minimum atomic E-state index is -4.36. The van der Waals surface area contributed by atoms with E-state index in [9.17, 15) is 18.0 Å². The first-order chi connectivity index (χ1) is 7.82. The Balaban J connectivity index is 2.87. The van der Waals surface area contributed by atoms with E-state index < -0.39 is 17.7 Å². The number of aryl methyl sites for hydroxylation is 2. The molecule has 0 unspecified atom stereocenters. The fourth-order valence-corrected chi connectivity index (χ4v) is 1.52. The van der Waals surface area contributed by atoms with Crippen LogP contribution in [0.1, 0.15) is 23.1 Å². The molecule has 94 valence electrons. The van der Waals surface area contributed by atoms with Gasteiger partial charge < -0.3 is 4.74 Å². The van der Waals surface area contributed by atoms with Crippen molar-refractivity contribution >= 4 is 5.97 Å². The molecule has 0 aliphatic carbocycles. The van der Waals surface area contributed by atoms with Crippen LogP contribution in [0.4, 0.5) is 13.2 Å². The van der Waals surface area contributed by atoms with Gasteiger partial charge in [-0.2, -0.15) is 13.2 Å². The van der Waals surface area contributed by atoms with Crippen LogP contribution in [0.3, 0.4) is 0 Å². The van der Waals surface area contributed by atoms with Crippen molar-refractivity contribution < 1.29 is 22.7 Å². The van der Waals surface area contributed by atoms with Gasteiger partial charge in [-0.15, -0.1) is 0 Å². The van der Waals surface area contributed by atoms with E-state index in [2.05, 4.69) is 4.74 Å². The highest BCUT2D eigenvalue weighted by atomic mass is 19.4. The molecule has 0 amide bonds. The van der Waals surface area contributed by atoms with Gasteiger partial charge in [-0.1, -0.05) is 11.6 Å². The number of carbonyl (C=O) groups is 1. The average Bonchev–Trinajstić information content (AvgIpc) is 2.24. The first-order valence-electron chi connectivity index (χ1n) is 5.07. The van der Waals surface area contributed by atoms with E-state index in [0.717, 1.165) is 12.1 Å². The predicted octanol–water partition coefficient (Wildman–Crippen LogP) is 3.12. The number of alkyl halides is 3. The van der Waals surface area contributed by atoms with E-state index in [1.807, 2.05) is 0 Å². The Morgan fingerprint density at radius 2 is 1.94 bits per heavy atom. The van der Waals surface area contributed by atoms with Gasteiger partial charge >= 0.3 is 12.1 Å². The summed E-state index contributed by atoms with van der Waals surface area (Å²) in [5.74, 6) is -0.430. The van der Waals surface area contributed by atoms with Crippen LogP contribution < -0.4 is 0 Å². The van der Waals surface area contributed by atoms with Gasteiger partial charge in [-0.25, -0.2) is 0 Å². The van der Waals surface area contributed by atoms with Crippen molar-refractivity contribution in [2.24, 2.45) is 0 Å². The van der Waals surface area contributed by atoms with Crippen LogP contribution in [0, 0.1) is 6.92 Å².